The Hall–Kier alpha value is -3.27. The highest BCUT2D eigenvalue weighted by atomic mass is 32.2. The zero-order valence-electron chi connectivity index (χ0n) is 19.6. The van der Waals surface area contributed by atoms with E-state index in [1.807, 2.05) is 55.9 Å². The summed E-state index contributed by atoms with van der Waals surface area (Å²) in [6.45, 7) is 6.15. The van der Waals surface area contributed by atoms with Crippen LogP contribution in [0.1, 0.15) is 17.0 Å². The number of aromatic nitrogens is 2. The molecule has 0 saturated carbocycles. The fourth-order valence-corrected chi connectivity index (χ4v) is 5.44. The lowest BCUT2D eigenvalue weighted by Crippen LogP contribution is -2.47. The quantitative estimate of drug-likeness (QED) is 0.549. The molecule has 0 bridgehead atoms. The summed E-state index contributed by atoms with van der Waals surface area (Å²) in [4.78, 5) is 14.9. The second-order valence-corrected chi connectivity index (χ2v) is 10.3. The number of sulfonamides is 1. The molecule has 1 saturated heterocycles. The van der Waals surface area contributed by atoms with Gasteiger partial charge in [-0.05, 0) is 57.3 Å². The molecule has 0 radical (unpaired) electrons. The van der Waals surface area contributed by atoms with Crippen LogP contribution in [0, 0.1) is 13.8 Å². The van der Waals surface area contributed by atoms with E-state index >= 15 is 0 Å². The first-order chi connectivity index (χ1) is 16.3. The molecule has 1 aliphatic rings. The van der Waals surface area contributed by atoms with E-state index in [9.17, 15) is 13.2 Å². The first-order valence-electron chi connectivity index (χ1n) is 11.1. The van der Waals surface area contributed by atoms with E-state index < -0.39 is 10.0 Å². The Labute approximate surface area is 200 Å². The highest BCUT2D eigenvalue weighted by Crippen LogP contribution is 2.22. The molecule has 1 N–H and O–H groups in total. The summed E-state index contributed by atoms with van der Waals surface area (Å²) >= 11 is 0. The maximum atomic E-state index is 13.0. The summed E-state index contributed by atoms with van der Waals surface area (Å²) < 4.78 is 29.4. The molecule has 0 aliphatic carbocycles. The van der Waals surface area contributed by atoms with Gasteiger partial charge >= 0.3 is 0 Å². The number of para-hydroxylation sites is 1. The molecule has 1 aliphatic heterocycles. The van der Waals surface area contributed by atoms with Crippen molar-refractivity contribution in [1.82, 2.24) is 19.0 Å². The minimum absolute atomic E-state index is 0.176. The van der Waals surface area contributed by atoms with E-state index in [1.165, 1.54) is 16.4 Å². The van der Waals surface area contributed by atoms with Crippen LogP contribution in [-0.2, 0) is 14.8 Å². The van der Waals surface area contributed by atoms with Crippen molar-refractivity contribution >= 4 is 27.7 Å². The number of aryl methyl sites for hydroxylation is 1. The number of benzene rings is 2. The van der Waals surface area contributed by atoms with E-state index in [-0.39, 0.29) is 10.8 Å². The second kappa shape index (κ2) is 9.92. The zero-order chi connectivity index (χ0) is 24.3. The molecule has 4 rings (SSSR count). The van der Waals surface area contributed by atoms with Gasteiger partial charge < -0.3 is 10.2 Å². The van der Waals surface area contributed by atoms with Gasteiger partial charge in [-0.3, -0.25) is 4.79 Å². The first-order valence-corrected chi connectivity index (χ1v) is 12.6. The number of carbonyl (C=O) groups is 1. The van der Waals surface area contributed by atoms with Gasteiger partial charge in [0.25, 0.3) is 0 Å². The number of amides is 1. The number of hydrogen-bond acceptors (Lipinski definition) is 5. The second-order valence-electron chi connectivity index (χ2n) is 8.39. The van der Waals surface area contributed by atoms with Crippen molar-refractivity contribution in [3.8, 4) is 5.69 Å². The van der Waals surface area contributed by atoms with Gasteiger partial charge in [-0.25, -0.2) is 13.1 Å². The third-order valence-corrected chi connectivity index (χ3v) is 7.85. The van der Waals surface area contributed by atoms with Crippen molar-refractivity contribution in [2.24, 2.45) is 0 Å². The fourth-order valence-electron chi connectivity index (χ4n) is 3.97. The summed E-state index contributed by atoms with van der Waals surface area (Å²) in [6.07, 6.45) is 3.17. The van der Waals surface area contributed by atoms with Crippen molar-refractivity contribution in [2.75, 3.05) is 38.5 Å². The number of anilines is 1. The molecule has 8 nitrogen and oxygen atoms in total. The average Bonchev–Trinajstić information content (AvgIpc) is 3.12. The zero-order valence-corrected chi connectivity index (χ0v) is 20.4. The first kappa shape index (κ1) is 23.9. The SMILES string of the molecule is Cc1nn(-c2ccccc2)c(C)c1C=CC(=O)Nc1cccc(S(=O)(=O)N2CCN(C)CC2)c1. The molecule has 2 heterocycles. The molecular formula is C25H29N5O3S. The number of carbonyl (C=O) groups excluding carboxylic acids is 1. The molecular weight excluding hydrogens is 450 g/mol. The molecule has 9 heteroatoms. The topological polar surface area (TPSA) is 87.5 Å². The third kappa shape index (κ3) is 5.11. The summed E-state index contributed by atoms with van der Waals surface area (Å²) in [7, 11) is -1.63. The Morgan fingerprint density at radius 2 is 1.71 bits per heavy atom. The lowest BCUT2D eigenvalue weighted by molar-refractivity contribution is -0.111. The standard InChI is InChI=1S/C25H29N5O3S/c1-19-24(20(2)30(27-19)22-9-5-4-6-10-22)12-13-25(31)26-21-8-7-11-23(18-21)34(32,33)29-16-14-28(3)15-17-29/h4-13,18H,14-17H2,1-3H3,(H,26,31). The van der Waals surface area contributed by atoms with Crippen LogP contribution in [0.25, 0.3) is 11.8 Å². The van der Waals surface area contributed by atoms with Crippen LogP contribution in [0.2, 0.25) is 0 Å². The lowest BCUT2D eigenvalue weighted by atomic mass is 10.2. The molecule has 1 fully saturated rings. The van der Waals surface area contributed by atoms with Crippen molar-refractivity contribution < 1.29 is 13.2 Å². The Balaban J connectivity index is 1.48. The van der Waals surface area contributed by atoms with Gasteiger partial charge in [0, 0.05) is 49.2 Å². The Bertz CT molecular complexity index is 1310. The number of rotatable bonds is 6. The summed E-state index contributed by atoms with van der Waals surface area (Å²) in [5, 5.41) is 7.36. The van der Waals surface area contributed by atoms with Crippen LogP contribution < -0.4 is 5.32 Å². The lowest BCUT2D eigenvalue weighted by Gasteiger charge is -2.31. The van der Waals surface area contributed by atoms with Gasteiger partial charge in [-0.2, -0.15) is 9.40 Å². The molecule has 3 aromatic rings. The Morgan fingerprint density at radius 1 is 1.00 bits per heavy atom. The monoisotopic (exact) mass is 479 g/mol. The molecule has 0 spiro atoms. The maximum Gasteiger partial charge on any atom is 0.248 e. The minimum atomic E-state index is -3.61. The highest BCUT2D eigenvalue weighted by Gasteiger charge is 2.27. The smallest absolute Gasteiger partial charge is 0.248 e. The van der Waals surface area contributed by atoms with Crippen LogP contribution >= 0.6 is 0 Å². The fraction of sp³-hybridized carbons (Fsp3) is 0.280. The van der Waals surface area contributed by atoms with E-state index in [2.05, 4.69) is 15.3 Å². The molecule has 1 amide bonds. The number of piperazine rings is 1. The van der Waals surface area contributed by atoms with E-state index in [0.29, 0.717) is 31.9 Å². The van der Waals surface area contributed by atoms with Crippen molar-refractivity contribution in [2.45, 2.75) is 18.7 Å². The summed E-state index contributed by atoms with van der Waals surface area (Å²) in [5.74, 6) is -0.347. The Morgan fingerprint density at radius 3 is 2.41 bits per heavy atom. The number of nitrogens with zero attached hydrogens (tertiary/aromatic N) is 4. The van der Waals surface area contributed by atoms with Gasteiger partial charge in [0.1, 0.15) is 0 Å². The van der Waals surface area contributed by atoms with Crippen molar-refractivity contribution in [1.29, 1.82) is 0 Å². The third-order valence-electron chi connectivity index (χ3n) is 5.95. The molecule has 0 unspecified atom stereocenters. The Kier molecular flexibility index (Phi) is 6.97. The number of hydrogen-bond donors (Lipinski definition) is 1. The van der Waals surface area contributed by atoms with Gasteiger partial charge in [0.15, 0.2) is 0 Å². The van der Waals surface area contributed by atoms with Gasteiger partial charge in [-0.1, -0.05) is 24.3 Å². The normalized spacial score (nSPS) is 15.6. The average molecular weight is 480 g/mol. The molecule has 178 valence electrons. The van der Waals surface area contributed by atoms with Crippen LogP contribution in [0.15, 0.2) is 65.6 Å². The molecule has 2 aromatic carbocycles. The van der Waals surface area contributed by atoms with Crippen LogP contribution in [-0.4, -0.2) is 66.5 Å². The molecule has 0 atom stereocenters. The largest absolute Gasteiger partial charge is 0.322 e. The van der Waals surface area contributed by atoms with E-state index in [4.69, 9.17) is 0 Å². The van der Waals surface area contributed by atoms with Gasteiger partial charge in [0.2, 0.25) is 15.9 Å². The van der Waals surface area contributed by atoms with E-state index in [1.54, 1.807) is 24.3 Å². The summed E-state index contributed by atoms with van der Waals surface area (Å²) in [5.41, 5.74) is 3.98. The predicted octanol–water partition coefficient (Wildman–Crippen LogP) is 3.08. The van der Waals surface area contributed by atoms with Gasteiger partial charge in [-0.15, -0.1) is 0 Å². The van der Waals surface area contributed by atoms with Crippen molar-refractivity contribution in [3.63, 3.8) is 0 Å². The highest BCUT2D eigenvalue weighted by molar-refractivity contribution is 7.89. The minimum Gasteiger partial charge on any atom is -0.322 e. The number of likely N-dealkylation sites (N-methyl/N-ethyl adjacent to an activating group) is 1. The molecule has 1 aromatic heterocycles. The van der Waals surface area contributed by atoms with Crippen molar-refractivity contribution in [3.05, 3.63) is 77.6 Å². The van der Waals surface area contributed by atoms with Gasteiger partial charge in [0.05, 0.1) is 16.3 Å². The predicted molar refractivity (Wildman–Crippen MR) is 133 cm³/mol. The number of nitrogens with one attached hydrogen (secondary N) is 1. The summed E-state index contributed by atoms with van der Waals surface area (Å²) in [6, 6.07) is 16.2. The maximum absolute atomic E-state index is 13.0. The van der Waals surface area contributed by atoms with Crippen LogP contribution in [0.4, 0.5) is 5.69 Å². The molecule has 34 heavy (non-hydrogen) atoms. The van der Waals surface area contributed by atoms with Crippen LogP contribution in [0.5, 0.6) is 0 Å². The van der Waals surface area contributed by atoms with Crippen LogP contribution in [0.3, 0.4) is 0 Å². The van der Waals surface area contributed by atoms with E-state index in [0.717, 1.165) is 22.6 Å².